The van der Waals surface area contributed by atoms with Crippen molar-refractivity contribution in [3.8, 4) is 0 Å². The second kappa shape index (κ2) is 5.70. The van der Waals surface area contributed by atoms with Crippen LogP contribution in [0.3, 0.4) is 0 Å². The Morgan fingerprint density at radius 2 is 2.16 bits per heavy atom. The van der Waals surface area contributed by atoms with Crippen LogP contribution in [0, 0.1) is 5.92 Å². The zero-order valence-electron chi connectivity index (χ0n) is 10.9. The second-order valence-corrected chi connectivity index (χ2v) is 6.18. The van der Waals surface area contributed by atoms with Crippen molar-refractivity contribution in [3.63, 3.8) is 0 Å². The molecule has 0 saturated heterocycles. The number of anilines is 1. The highest BCUT2D eigenvalue weighted by Crippen LogP contribution is 2.27. The van der Waals surface area contributed by atoms with Crippen LogP contribution in [0.1, 0.15) is 38.5 Å². The monoisotopic (exact) mass is 274 g/mol. The first-order chi connectivity index (χ1) is 9.31. The normalized spacial score (nSPS) is 16.6. The van der Waals surface area contributed by atoms with Gasteiger partial charge in [0.1, 0.15) is 0 Å². The Morgan fingerprint density at radius 3 is 3.00 bits per heavy atom. The van der Waals surface area contributed by atoms with Crippen LogP contribution in [0.5, 0.6) is 0 Å². The molecule has 2 aromatic rings. The third kappa shape index (κ3) is 3.13. The van der Waals surface area contributed by atoms with Gasteiger partial charge in [0, 0.05) is 12.1 Å². The molecule has 19 heavy (non-hydrogen) atoms. The predicted octanol–water partition coefficient (Wildman–Crippen LogP) is 4.21. The molecule has 0 atom stereocenters. The van der Waals surface area contributed by atoms with Crippen molar-refractivity contribution in [1.82, 2.24) is 4.98 Å². The average molecular weight is 274 g/mol. The number of nitrogens with zero attached hydrogens (tertiary/aromatic N) is 1. The van der Waals surface area contributed by atoms with Crippen LogP contribution in [0.2, 0.25) is 0 Å². The molecule has 1 aliphatic rings. The van der Waals surface area contributed by atoms with Gasteiger partial charge in [0.05, 0.1) is 15.7 Å². The summed E-state index contributed by atoms with van der Waals surface area (Å²) in [5.74, 6) is 0.721. The molecule has 4 heteroatoms. The minimum Gasteiger partial charge on any atom is -0.326 e. The zero-order chi connectivity index (χ0) is 13.1. The molecule has 0 bridgehead atoms. The average Bonchev–Trinajstić information content (AvgIpc) is 2.87. The van der Waals surface area contributed by atoms with Crippen LogP contribution in [-0.2, 0) is 4.79 Å². The molecular weight excluding hydrogens is 256 g/mol. The van der Waals surface area contributed by atoms with Gasteiger partial charge in [0.25, 0.3) is 0 Å². The van der Waals surface area contributed by atoms with Gasteiger partial charge in [0.2, 0.25) is 5.91 Å². The quantitative estimate of drug-likeness (QED) is 0.911. The minimum atomic E-state index is 0.140. The topological polar surface area (TPSA) is 42.0 Å². The number of carbonyl (C=O) groups excluding carboxylic acids is 1. The molecule has 1 N–H and O–H groups in total. The maximum absolute atomic E-state index is 12.0. The van der Waals surface area contributed by atoms with Crippen LogP contribution in [-0.4, -0.2) is 10.9 Å². The van der Waals surface area contributed by atoms with Crippen molar-refractivity contribution in [2.75, 3.05) is 5.32 Å². The summed E-state index contributed by atoms with van der Waals surface area (Å²) in [5.41, 5.74) is 3.65. The van der Waals surface area contributed by atoms with Crippen molar-refractivity contribution in [2.24, 2.45) is 5.92 Å². The summed E-state index contributed by atoms with van der Waals surface area (Å²) >= 11 is 1.62. The number of amides is 1. The van der Waals surface area contributed by atoms with Gasteiger partial charge in [-0.2, -0.15) is 0 Å². The van der Waals surface area contributed by atoms with E-state index in [4.69, 9.17) is 0 Å². The molecule has 1 amide bonds. The number of rotatable bonds is 3. The zero-order valence-corrected chi connectivity index (χ0v) is 11.7. The van der Waals surface area contributed by atoms with Gasteiger partial charge in [-0.25, -0.2) is 4.98 Å². The van der Waals surface area contributed by atoms with Gasteiger partial charge in [-0.05, 0) is 37.0 Å². The van der Waals surface area contributed by atoms with E-state index in [1.165, 1.54) is 32.1 Å². The van der Waals surface area contributed by atoms with Crippen molar-refractivity contribution >= 4 is 33.1 Å². The maximum Gasteiger partial charge on any atom is 0.224 e. The number of carbonyl (C=O) groups is 1. The molecule has 1 aromatic heterocycles. The van der Waals surface area contributed by atoms with Crippen molar-refractivity contribution in [3.05, 3.63) is 23.7 Å². The van der Waals surface area contributed by atoms with E-state index in [9.17, 15) is 4.79 Å². The van der Waals surface area contributed by atoms with E-state index in [1.807, 2.05) is 23.7 Å². The summed E-state index contributed by atoms with van der Waals surface area (Å²) in [4.78, 5) is 16.3. The van der Waals surface area contributed by atoms with Crippen LogP contribution >= 0.6 is 11.3 Å². The summed E-state index contributed by atoms with van der Waals surface area (Å²) < 4.78 is 1.16. The first kappa shape index (κ1) is 12.6. The summed E-state index contributed by atoms with van der Waals surface area (Å²) in [6.45, 7) is 0. The maximum atomic E-state index is 12.0. The number of hydrogen-bond donors (Lipinski definition) is 1. The molecule has 100 valence electrons. The fraction of sp³-hybridized carbons (Fsp3) is 0.467. The molecule has 0 radical (unpaired) electrons. The highest BCUT2D eigenvalue weighted by atomic mass is 32.1. The van der Waals surface area contributed by atoms with Gasteiger partial charge < -0.3 is 5.32 Å². The van der Waals surface area contributed by atoms with Gasteiger partial charge >= 0.3 is 0 Å². The van der Waals surface area contributed by atoms with E-state index in [0.29, 0.717) is 12.3 Å². The van der Waals surface area contributed by atoms with Crippen LogP contribution in [0.25, 0.3) is 10.2 Å². The fourth-order valence-electron chi connectivity index (χ4n) is 2.80. The molecule has 0 spiro atoms. The molecule has 3 rings (SSSR count). The van der Waals surface area contributed by atoms with Crippen LogP contribution in [0.15, 0.2) is 23.7 Å². The number of fused-ring (bicyclic) bond motifs is 1. The number of nitrogens with one attached hydrogen (secondary N) is 1. The predicted molar refractivity (Wildman–Crippen MR) is 79.4 cm³/mol. The lowest BCUT2D eigenvalue weighted by atomic mass is 9.87. The Balaban J connectivity index is 1.61. The molecule has 0 unspecified atom stereocenters. The lowest BCUT2D eigenvalue weighted by molar-refractivity contribution is -0.117. The summed E-state index contributed by atoms with van der Waals surface area (Å²) in [7, 11) is 0. The number of thiazole rings is 1. The first-order valence-electron chi connectivity index (χ1n) is 6.94. The Bertz CT molecular complexity index is 572. The second-order valence-electron chi connectivity index (χ2n) is 5.29. The highest BCUT2D eigenvalue weighted by molar-refractivity contribution is 7.16. The molecule has 1 saturated carbocycles. The Kier molecular flexibility index (Phi) is 3.78. The molecular formula is C15H18N2OS. The lowest BCUT2D eigenvalue weighted by Gasteiger charge is -2.20. The summed E-state index contributed by atoms with van der Waals surface area (Å²) in [6, 6.07) is 5.92. The fourth-order valence-corrected chi connectivity index (χ4v) is 3.46. The Labute approximate surface area is 117 Å². The number of benzene rings is 1. The van der Waals surface area contributed by atoms with Gasteiger partial charge in [-0.15, -0.1) is 11.3 Å². The third-order valence-electron chi connectivity index (χ3n) is 3.81. The molecule has 3 nitrogen and oxygen atoms in total. The molecule has 1 aliphatic carbocycles. The van der Waals surface area contributed by atoms with Crippen molar-refractivity contribution in [1.29, 1.82) is 0 Å². The van der Waals surface area contributed by atoms with E-state index in [2.05, 4.69) is 10.3 Å². The molecule has 1 aromatic carbocycles. The van der Waals surface area contributed by atoms with Crippen LogP contribution < -0.4 is 5.32 Å². The Hall–Kier alpha value is -1.42. The largest absolute Gasteiger partial charge is 0.326 e. The summed E-state index contributed by atoms with van der Waals surface area (Å²) in [5, 5.41) is 3.00. The van der Waals surface area contributed by atoms with E-state index in [1.54, 1.807) is 11.3 Å². The molecule has 0 aliphatic heterocycles. The van der Waals surface area contributed by atoms with Gasteiger partial charge in [0.15, 0.2) is 0 Å². The summed E-state index contributed by atoms with van der Waals surface area (Å²) in [6.07, 6.45) is 6.97. The Morgan fingerprint density at radius 1 is 1.32 bits per heavy atom. The van der Waals surface area contributed by atoms with E-state index >= 15 is 0 Å². The van der Waals surface area contributed by atoms with Gasteiger partial charge in [-0.1, -0.05) is 19.3 Å². The highest BCUT2D eigenvalue weighted by Gasteiger charge is 2.17. The smallest absolute Gasteiger partial charge is 0.224 e. The standard InChI is InChI=1S/C15H18N2OS/c18-15(8-11-4-2-1-3-5-11)17-12-6-7-14-13(9-12)16-10-19-14/h6-7,9-11H,1-5,8H2,(H,17,18). The molecule has 1 fully saturated rings. The first-order valence-corrected chi connectivity index (χ1v) is 7.82. The third-order valence-corrected chi connectivity index (χ3v) is 4.62. The van der Waals surface area contributed by atoms with Crippen LogP contribution in [0.4, 0.5) is 5.69 Å². The van der Waals surface area contributed by atoms with E-state index < -0.39 is 0 Å². The van der Waals surface area contributed by atoms with E-state index in [0.717, 1.165) is 15.9 Å². The number of aromatic nitrogens is 1. The minimum absolute atomic E-state index is 0.140. The van der Waals surface area contributed by atoms with Gasteiger partial charge in [-0.3, -0.25) is 4.79 Å². The number of hydrogen-bond acceptors (Lipinski definition) is 3. The van der Waals surface area contributed by atoms with Crippen molar-refractivity contribution in [2.45, 2.75) is 38.5 Å². The lowest BCUT2D eigenvalue weighted by Crippen LogP contribution is -2.18. The molecule has 1 heterocycles. The van der Waals surface area contributed by atoms with Crippen molar-refractivity contribution < 1.29 is 4.79 Å². The SMILES string of the molecule is O=C(CC1CCCCC1)Nc1ccc2scnc2c1. The van der Waals surface area contributed by atoms with E-state index in [-0.39, 0.29) is 5.91 Å².